The van der Waals surface area contributed by atoms with E-state index < -0.39 is 5.91 Å². The largest absolute Gasteiger partial charge is 0.493 e. The summed E-state index contributed by atoms with van der Waals surface area (Å²) in [6, 6.07) is 14.5. The van der Waals surface area contributed by atoms with Crippen LogP contribution in [0.2, 0.25) is 5.02 Å². The van der Waals surface area contributed by atoms with Crippen LogP contribution in [0.5, 0.6) is 11.5 Å². The number of nitrogens with one attached hydrogen (secondary N) is 1. The van der Waals surface area contributed by atoms with Crippen molar-refractivity contribution in [3.63, 3.8) is 0 Å². The molecule has 1 amide bonds. The van der Waals surface area contributed by atoms with E-state index in [-0.39, 0.29) is 5.57 Å². The molecule has 0 unspecified atom stereocenters. The van der Waals surface area contributed by atoms with Crippen molar-refractivity contribution >= 4 is 23.6 Å². The maximum atomic E-state index is 11.8. The van der Waals surface area contributed by atoms with Gasteiger partial charge in [-0.15, -0.1) is 0 Å². The number of methoxy groups -OCH3 is 1. The van der Waals surface area contributed by atoms with E-state index in [2.05, 4.69) is 5.32 Å². The van der Waals surface area contributed by atoms with E-state index in [0.29, 0.717) is 35.2 Å². The number of hydrogen-bond donors (Lipinski definition) is 1. The van der Waals surface area contributed by atoms with Crippen molar-refractivity contribution < 1.29 is 14.3 Å². The Bertz CT molecular complexity index is 856. The number of rotatable bonds is 7. The van der Waals surface area contributed by atoms with E-state index in [4.69, 9.17) is 26.3 Å². The van der Waals surface area contributed by atoms with Gasteiger partial charge < -0.3 is 14.8 Å². The first-order chi connectivity index (χ1) is 12.6. The van der Waals surface area contributed by atoms with Gasteiger partial charge in [-0.05, 0) is 36.8 Å². The van der Waals surface area contributed by atoms with Crippen LogP contribution in [0.25, 0.3) is 6.08 Å². The molecule has 0 heterocycles. The quantitative estimate of drug-likeness (QED) is 0.591. The van der Waals surface area contributed by atoms with Gasteiger partial charge in [0.05, 0.1) is 7.11 Å². The lowest BCUT2D eigenvalue weighted by Gasteiger charge is -2.12. The second-order valence-corrected chi connectivity index (χ2v) is 5.73. The lowest BCUT2D eigenvalue weighted by molar-refractivity contribution is -0.116. The normalized spacial score (nSPS) is 10.8. The highest BCUT2D eigenvalue weighted by atomic mass is 35.5. The Morgan fingerprint density at radius 2 is 2.04 bits per heavy atom. The summed E-state index contributed by atoms with van der Waals surface area (Å²) >= 11 is 6.13. The van der Waals surface area contributed by atoms with Crippen LogP contribution in [0.3, 0.4) is 0 Å². The van der Waals surface area contributed by atoms with Crippen LogP contribution in [0, 0.1) is 11.3 Å². The fourth-order valence-electron chi connectivity index (χ4n) is 2.24. The summed E-state index contributed by atoms with van der Waals surface area (Å²) in [5.74, 6) is 0.632. The molecule has 2 aromatic carbocycles. The Kier molecular flexibility index (Phi) is 7.07. The van der Waals surface area contributed by atoms with Crippen molar-refractivity contribution in [1.29, 1.82) is 5.26 Å². The van der Waals surface area contributed by atoms with Crippen molar-refractivity contribution in [3.8, 4) is 17.6 Å². The van der Waals surface area contributed by atoms with E-state index >= 15 is 0 Å². The first kappa shape index (κ1) is 19.4. The molecule has 0 radical (unpaired) electrons. The second kappa shape index (κ2) is 9.50. The van der Waals surface area contributed by atoms with E-state index in [0.717, 1.165) is 5.56 Å². The van der Waals surface area contributed by atoms with Gasteiger partial charge in [-0.3, -0.25) is 4.79 Å². The summed E-state index contributed by atoms with van der Waals surface area (Å²) in [7, 11) is 1.53. The minimum Gasteiger partial charge on any atom is -0.493 e. The third-order valence-corrected chi connectivity index (χ3v) is 3.91. The first-order valence-electron chi connectivity index (χ1n) is 8.03. The molecule has 0 saturated heterocycles. The molecule has 0 saturated carbocycles. The lowest BCUT2D eigenvalue weighted by Crippen LogP contribution is -2.23. The highest BCUT2D eigenvalue weighted by Crippen LogP contribution is 2.30. The Balaban J connectivity index is 2.20. The van der Waals surface area contributed by atoms with Crippen molar-refractivity contribution in [3.05, 3.63) is 64.2 Å². The maximum absolute atomic E-state index is 11.8. The molecule has 2 rings (SSSR count). The third-order valence-electron chi connectivity index (χ3n) is 3.54. The van der Waals surface area contributed by atoms with Crippen LogP contribution in [0.1, 0.15) is 18.1 Å². The number of likely N-dealkylation sites (N-methyl/N-ethyl adjacent to an activating group) is 1. The average Bonchev–Trinajstić information content (AvgIpc) is 2.66. The maximum Gasteiger partial charge on any atom is 0.261 e. The number of carbonyl (C=O) groups excluding carboxylic acids is 1. The van der Waals surface area contributed by atoms with Crippen LogP contribution in [-0.4, -0.2) is 19.6 Å². The Morgan fingerprint density at radius 3 is 2.69 bits per heavy atom. The molecule has 5 nitrogen and oxygen atoms in total. The smallest absolute Gasteiger partial charge is 0.261 e. The summed E-state index contributed by atoms with van der Waals surface area (Å²) in [6.07, 6.45) is 1.51. The van der Waals surface area contributed by atoms with Crippen molar-refractivity contribution in [1.82, 2.24) is 5.32 Å². The molecule has 0 atom stereocenters. The SMILES string of the molecule is CCNC(=O)/C(C#N)=C/c1ccc(OCc2ccccc2Cl)c(OC)c1. The molecule has 2 aromatic rings. The van der Waals surface area contributed by atoms with E-state index in [9.17, 15) is 4.79 Å². The molecule has 134 valence electrons. The van der Waals surface area contributed by atoms with Gasteiger partial charge in [0.1, 0.15) is 18.2 Å². The summed E-state index contributed by atoms with van der Waals surface area (Å²) in [5.41, 5.74) is 1.55. The molecule has 0 aromatic heterocycles. The molecule has 0 fully saturated rings. The predicted octanol–water partition coefficient (Wildman–Crippen LogP) is 3.97. The molecular formula is C20H19ClN2O3. The van der Waals surface area contributed by atoms with Gasteiger partial charge in [0.25, 0.3) is 5.91 Å². The third kappa shape index (κ3) is 5.01. The lowest BCUT2D eigenvalue weighted by atomic mass is 10.1. The summed E-state index contributed by atoms with van der Waals surface area (Å²) < 4.78 is 11.1. The average molecular weight is 371 g/mol. The van der Waals surface area contributed by atoms with Crippen LogP contribution in [-0.2, 0) is 11.4 Å². The van der Waals surface area contributed by atoms with Crippen molar-refractivity contribution in [2.45, 2.75) is 13.5 Å². The van der Waals surface area contributed by atoms with E-state index in [1.54, 1.807) is 31.2 Å². The molecule has 0 aliphatic heterocycles. The fraction of sp³-hybridized carbons (Fsp3) is 0.200. The van der Waals surface area contributed by atoms with Crippen LogP contribution in [0.15, 0.2) is 48.0 Å². The number of nitriles is 1. The van der Waals surface area contributed by atoms with E-state index in [1.165, 1.54) is 13.2 Å². The molecule has 0 aliphatic rings. The second-order valence-electron chi connectivity index (χ2n) is 5.32. The first-order valence-corrected chi connectivity index (χ1v) is 8.41. The van der Waals surface area contributed by atoms with Gasteiger partial charge in [0, 0.05) is 17.1 Å². The van der Waals surface area contributed by atoms with Gasteiger partial charge in [0.15, 0.2) is 11.5 Å². The molecule has 6 heteroatoms. The van der Waals surface area contributed by atoms with Gasteiger partial charge in [-0.25, -0.2) is 0 Å². The Labute approximate surface area is 157 Å². The number of halogens is 1. The van der Waals surface area contributed by atoms with E-state index in [1.807, 2.05) is 24.3 Å². The summed E-state index contributed by atoms with van der Waals surface area (Å²) in [4.78, 5) is 11.8. The number of hydrogen-bond acceptors (Lipinski definition) is 4. The number of nitrogens with zero attached hydrogens (tertiary/aromatic N) is 1. The molecule has 0 bridgehead atoms. The van der Waals surface area contributed by atoms with Crippen LogP contribution >= 0.6 is 11.6 Å². The minimum absolute atomic E-state index is 0.0265. The molecule has 26 heavy (non-hydrogen) atoms. The predicted molar refractivity (Wildman–Crippen MR) is 101 cm³/mol. The summed E-state index contributed by atoms with van der Waals surface area (Å²) in [6.45, 7) is 2.55. The van der Waals surface area contributed by atoms with Gasteiger partial charge in [-0.1, -0.05) is 35.9 Å². The fourth-order valence-corrected chi connectivity index (χ4v) is 2.43. The van der Waals surface area contributed by atoms with Crippen LogP contribution < -0.4 is 14.8 Å². The number of benzene rings is 2. The van der Waals surface area contributed by atoms with Crippen molar-refractivity contribution in [2.75, 3.05) is 13.7 Å². The zero-order valence-corrected chi connectivity index (χ0v) is 15.3. The molecule has 1 N–H and O–H groups in total. The zero-order chi connectivity index (χ0) is 18.9. The monoisotopic (exact) mass is 370 g/mol. The highest BCUT2D eigenvalue weighted by Gasteiger charge is 2.10. The number of amides is 1. The zero-order valence-electron chi connectivity index (χ0n) is 14.6. The number of carbonyl (C=O) groups is 1. The van der Waals surface area contributed by atoms with Gasteiger partial charge in [0.2, 0.25) is 0 Å². The van der Waals surface area contributed by atoms with Gasteiger partial charge >= 0.3 is 0 Å². The highest BCUT2D eigenvalue weighted by molar-refractivity contribution is 6.31. The molecule has 0 spiro atoms. The summed E-state index contributed by atoms with van der Waals surface area (Å²) in [5, 5.41) is 12.4. The van der Waals surface area contributed by atoms with Gasteiger partial charge in [-0.2, -0.15) is 5.26 Å². The Hall–Kier alpha value is -2.97. The Morgan fingerprint density at radius 1 is 1.27 bits per heavy atom. The van der Waals surface area contributed by atoms with Crippen molar-refractivity contribution in [2.24, 2.45) is 0 Å². The van der Waals surface area contributed by atoms with Crippen LogP contribution in [0.4, 0.5) is 0 Å². The molecule has 0 aliphatic carbocycles. The topological polar surface area (TPSA) is 71.4 Å². The minimum atomic E-state index is -0.409. The number of ether oxygens (including phenoxy) is 2. The standard InChI is InChI=1S/C20H19ClN2O3/c1-3-23-20(24)16(12-22)10-14-8-9-18(19(11-14)25-2)26-13-15-6-4-5-7-17(15)21/h4-11H,3,13H2,1-2H3,(H,23,24)/b16-10+. The molecular weight excluding hydrogens is 352 g/mol.